The van der Waals surface area contributed by atoms with Gasteiger partial charge in [0, 0.05) is 10.8 Å². The number of hydrogen-bond donors (Lipinski definition) is 25. The first-order valence-corrected chi connectivity index (χ1v) is 39.3. The van der Waals surface area contributed by atoms with Gasteiger partial charge in [0.2, 0.25) is 0 Å². The van der Waals surface area contributed by atoms with Crippen LogP contribution in [0.4, 0.5) is 0 Å². The van der Waals surface area contributed by atoms with Gasteiger partial charge in [-0.2, -0.15) is 0 Å². The quantitative estimate of drug-likeness (QED) is 0.0358. The summed E-state index contributed by atoms with van der Waals surface area (Å²) >= 11 is 0. The zero-order chi connectivity index (χ0) is 83.4. The molecule has 10 fully saturated rings. The molecule has 113 heavy (non-hydrogen) atoms. The third kappa shape index (κ3) is 16.0. The molecular weight excluding hydrogens is 1510 g/mol. The van der Waals surface area contributed by atoms with Crippen molar-refractivity contribution in [1.29, 1.82) is 0 Å². The van der Waals surface area contributed by atoms with Crippen molar-refractivity contribution in [1.82, 2.24) is 0 Å². The number of allylic oxidation sites excluding steroid dienone is 1. The molecule has 0 spiro atoms. The van der Waals surface area contributed by atoms with E-state index in [9.17, 15) is 128 Å². The highest BCUT2D eigenvalue weighted by Gasteiger charge is 2.78. The third-order valence-corrected chi connectivity index (χ3v) is 28.8. The van der Waals surface area contributed by atoms with Gasteiger partial charge in [0.15, 0.2) is 44.0 Å². The maximum atomic E-state index is 13.3. The van der Waals surface area contributed by atoms with Crippen LogP contribution in [0.25, 0.3) is 0 Å². The molecule has 3 saturated carbocycles. The van der Waals surface area contributed by atoms with Crippen molar-refractivity contribution in [2.45, 2.75) is 359 Å². The first-order chi connectivity index (χ1) is 52.9. The molecule has 9 unspecified atom stereocenters. The maximum absolute atomic E-state index is 13.3. The van der Waals surface area contributed by atoms with Gasteiger partial charge in [-0.05, 0) is 98.7 Å². The molecule has 39 heteroatoms. The third-order valence-electron chi connectivity index (χ3n) is 28.8. The molecule has 0 bridgehead atoms. The van der Waals surface area contributed by atoms with Gasteiger partial charge < -0.3 is 194 Å². The summed E-state index contributed by atoms with van der Waals surface area (Å²) in [5, 5.41) is 276. The SMILES string of the molecule is C[C@H](CC[C@@H](OC1O[C@H](CO)[C@@H](OC2O[C@H](CO)[C@@H](OC3O[C@H](CO)[C@@H](O)[C@H](O)[C@H]3OC3O[C@H](CO)[C@@H](O)[C@H](O)[C@H]3O)[C@H](O)[C@H]2O)[C@H](O)[C@H]1OC1O[C@H](CO)[C@@H](O)[C@H](O)[C@H]1O)C(C)(C)O)C1CC[C@@]2(C)[C@]3(C)CC=C4C(C)(C)[C@@H](OC5O[C@H](CO)[C@@H](OC6O[C@H](CO)[C@@H](O)[C@H](O)[C@H]6O)[C@H](O)[C@H]5O)CC[C@@]4(C)[C@]3(C)C(O)C[C@]12C. The Labute approximate surface area is 653 Å². The zero-order valence-corrected chi connectivity index (χ0v) is 65.2. The normalized spacial score (nSPS) is 52.9. The topological polar surface area (TPSA) is 635 Å². The van der Waals surface area contributed by atoms with E-state index >= 15 is 0 Å². The lowest BCUT2D eigenvalue weighted by molar-refractivity contribution is -0.404. The molecular formula is C74H126O39. The first kappa shape index (κ1) is 91.9. The Morgan fingerprint density at radius 3 is 1.16 bits per heavy atom. The number of hydrogen-bond acceptors (Lipinski definition) is 39. The molecule has 7 aliphatic heterocycles. The van der Waals surface area contributed by atoms with Crippen LogP contribution >= 0.6 is 0 Å². The molecule has 11 rings (SSSR count). The fraction of sp³-hybridized carbons (Fsp3) is 0.973. The van der Waals surface area contributed by atoms with Gasteiger partial charge in [-0.25, -0.2) is 0 Å². The van der Waals surface area contributed by atoms with Gasteiger partial charge in [-0.15, -0.1) is 0 Å². The summed E-state index contributed by atoms with van der Waals surface area (Å²) in [6.45, 7) is 13.9. The van der Waals surface area contributed by atoms with Crippen LogP contribution in [0.15, 0.2) is 11.6 Å². The number of aliphatic hydroxyl groups excluding tert-OH is 24. The van der Waals surface area contributed by atoms with Gasteiger partial charge in [-0.3, -0.25) is 0 Å². The van der Waals surface area contributed by atoms with E-state index in [0.717, 1.165) is 18.4 Å². The summed E-state index contributed by atoms with van der Waals surface area (Å²) in [4.78, 5) is 0. The average molecular weight is 1640 g/mol. The van der Waals surface area contributed by atoms with E-state index in [1.807, 2.05) is 13.8 Å². The Kier molecular flexibility index (Phi) is 28.6. The van der Waals surface area contributed by atoms with E-state index in [0.29, 0.717) is 32.1 Å². The van der Waals surface area contributed by atoms with E-state index in [1.165, 1.54) is 13.8 Å². The second kappa shape index (κ2) is 35.2. The van der Waals surface area contributed by atoms with Gasteiger partial charge in [0.1, 0.15) is 171 Å². The second-order valence-corrected chi connectivity index (χ2v) is 35.5. The number of fused-ring (bicyclic) bond motifs is 5. The molecule has 4 aliphatic carbocycles. The van der Waals surface area contributed by atoms with E-state index in [2.05, 4.69) is 47.6 Å². The number of aliphatic hydroxyl groups is 25. The van der Waals surface area contributed by atoms with Crippen molar-refractivity contribution in [3.63, 3.8) is 0 Å². The molecule has 25 N–H and O–H groups in total. The second-order valence-electron chi connectivity index (χ2n) is 35.5. The Bertz CT molecular complexity index is 3110. The fourth-order valence-corrected chi connectivity index (χ4v) is 21.3. The lowest BCUT2D eigenvalue weighted by Gasteiger charge is -2.75. The van der Waals surface area contributed by atoms with Crippen molar-refractivity contribution in [3.05, 3.63) is 11.6 Å². The molecule has 656 valence electrons. The maximum Gasteiger partial charge on any atom is 0.187 e. The molecule has 7 heterocycles. The predicted octanol–water partition coefficient (Wildman–Crippen LogP) is -8.98. The van der Waals surface area contributed by atoms with Crippen LogP contribution in [0, 0.1) is 44.3 Å². The minimum absolute atomic E-state index is 0.0427. The highest BCUT2D eigenvalue weighted by molar-refractivity contribution is 5.39. The molecule has 11 aliphatic rings. The first-order valence-electron chi connectivity index (χ1n) is 39.3. The molecule has 0 radical (unpaired) electrons. The number of rotatable bonds is 26. The Morgan fingerprint density at radius 1 is 0.389 bits per heavy atom. The summed E-state index contributed by atoms with van der Waals surface area (Å²) in [7, 11) is 0. The van der Waals surface area contributed by atoms with E-state index in [4.69, 9.17) is 66.3 Å². The largest absolute Gasteiger partial charge is 0.394 e. The van der Waals surface area contributed by atoms with Crippen molar-refractivity contribution < 1.29 is 194 Å². The fourth-order valence-electron chi connectivity index (χ4n) is 21.3. The monoisotopic (exact) mass is 1640 g/mol. The van der Waals surface area contributed by atoms with Gasteiger partial charge in [-0.1, -0.05) is 67.0 Å². The van der Waals surface area contributed by atoms with Gasteiger partial charge in [0.05, 0.1) is 70.2 Å². The molecule has 45 atom stereocenters. The van der Waals surface area contributed by atoms with E-state index < -0.39 is 318 Å². The Morgan fingerprint density at radius 2 is 0.735 bits per heavy atom. The lowest BCUT2D eigenvalue weighted by Crippen LogP contribution is -2.72. The summed E-state index contributed by atoms with van der Waals surface area (Å²) in [5.41, 5.74) is -4.45. The van der Waals surface area contributed by atoms with Crippen LogP contribution in [0.5, 0.6) is 0 Å². The van der Waals surface area contributed by atoms with Gasteiger partial charge in [0.25, 0.3) is 0 Å². The minimum atomic E-state index is -2.27. The van der Waals surface area contributed by atoms with E-state index in [-0.39, 0.29) is 18.3 Å². The molecule has 0 aromatic rings. The summed E-state index contributed by atoms with van der Waals surface area (Å²) in [5.74, 6) is -0.188. The number of ether oxygens (including phenoxy) is 14. The Balaban J connectivity index is 0.788. The van der Waals surface area contributed by atoms with Crippen molar-refractivity contribution in [3.8, 4) is 0 Å². The highest BCUT2D eigenvalue weighted by atomic mass is 16.8. The van der Waals surface area contributed by atoms with Crippen LogP contribution in [-0.4, -0.2) is 413 Å². The van der Waals surface area contributed by atoms with Crippen molar-refractivity contribution >= 4 is 0 Å². The highest BCUT2D eigenvalue weighted by Crippen LogP contribution is 2.82. The molecule has 7 saturated heterocycles. The van der Waals surface area contributed by atoms with Crippen LogP contribution in [-0.2, 0) is 66.3 Å². The molecule has 39 nitrogen and oxygen atoms in total. The Hall–Kier alpha value is -1.82. The van der Waals surface area contributed by atoms with E-state index in [1.54, 1.807) is 0 Å². The van der Waals surface area contributed by atoms with Crippen LogP contribution in [0.3, 0.4) is 0 Å². The van der Waals surface area contributed by atoms with Crippen LogP contribution < -0.4 is 0 Å². The van der Waals surface area contributed by atoms with Crippen LogP contribution in [0.1, 0.15) is 121 Å². The lowest BCUT2D eigenvalue weighted by atomic mass is 9.29. The minimum Gasteiger partial charge on any atom is -0.394 e. The zero-order valence-electron chi connectivity index (χ0n) is 65.2. The summed E-state index contributed by atoms with van der Waals surface area (Å²) < 4.78 is 84.0. The van der Waals surface area contributed by atoms with Crippen LogP contribution in [0.2, 0.25) is 0 Å². The molecule has 0 aromatic heterocycles. The molecule has 0 aromatic carbocycles. The van der Waals surface area contributed by atoms with Gasteiger partial charge >= 0.3 is 0 Å². The standard InChI is InChI=1S/C74H126O39/c1-27(28-13-17-72(8)71(28,7)19-37(82)74(10)70(6)16-15-38(68(2,3)36(70)14-18-73(72,74)9)107-61-53(96)48(91)56(33(24-79)104-61)109-62-50(93)44(87)40(83)29(20-75)100-62)11-12-39(69(4,5)99)108-66-60(113-64-52(95)46(89)42(85)31(22-77)102-64)55(98)58(35(26-81)106-66)110-65-54(97)49(92)57(34(25-80)105-65)111-67-59(47(90)43(86)32(23-78)103-67)112-63-51(94)45(88)41(84)30(21-76)101-63/h14,27-35,37-67,75-99H,11-13,15-26H2,1-10H3/t27-,28?,29-,30-,31-,32-,33-,34-,35-,37?,38+,39-,40-,41-,42-,43-,44+,45+,46+,47+,48-,49-,50-,51-,52-,53-,54-,55+,56-,57-,58-,59-,60-,61?,62?,63?,64?,65?,66?,67?,70-,71-,72-,73+,74+/m1/s1. The predicted molar refractivity (Wildman–Crippen MR) is 375 cm³/mol. The van der Waals surface area contributed by atoms with Crippen molar-refractivity contribution in [2.75, 3.05) is 46.2 Å². The summed E-state index contributed by atoms with van der Waals surface area (Å²) in [6, 6.07) is 0. The van der Waals surface area contributed by atoms with Crippen molar-refractivity contribution in [2.24, 2.45) is 44.3 Å². The summed E-state index contributed by atoms with van der Waals surface area (Å²) in [6.07, 6.45) is -61.7. The smallest absolute Gasteiger partial charge is 0.187 e. The average Bonchev–Trinajstić information content (AvgIpc) is 1.34. The molecule has 0 amide bonds.